The van der Waals surface area contributed by atoms with E-state index < -0.39 is 12.1 Å². The lowest BCUT2D eigenvalue weighted by Crippen LogP contribution is -2.33. The molecule has 2 rings (SSSR count). The molecule has 5 nitrogen and oxygen atoms in total. The molecule has 0 bridgehead atoms. The van der Waals surface area contributed by atoms with Gasteiger partial charge in [-0.3, -0.25) is 4.79 Å². The fourth-order valence-electron chi connectivity index (χ4n) is 2.48. The third kappa shape index (κ3) is 5.09. The standard InChI is InChI=1S/C21H25NO4/c1-4-15-11-13-16(14-12-15)26-19(5-2)20(23)22-18-10-8-7-9-17(18)21(24)25-6-3/h7-14,19H,4-6H2,1-3H3,(H,22,23)/t19-/m1/s1. The van der Waals surface area contributed by atoms with Gasteiger partial charge < -0.3 is 14.8 Å². The molecule has 0 aliphatic heterocycles. The van der Waals surface area contributed by atoms with Gasteiger partial charge in [0.25, 0.3) is 5.91 Å². The van der Waals surface area contributed by atoms with Crippen LogP contribution in [0.25, 0.3) is 0 Å². The van der Waals surface area contributed by atoms with Gasteiger partial charge >= 0.3 is 5.97 Å². The Morgan fingerprint density at radius 2 is 1.69 bits per heavy atom. The second-order valence-corrected chi connectivity index (χ2v) is 5.77. The molecule has 1 amide bonds. The number of rotatable bonds is 8. The molecule has 2 aromatic rings. The molecule has 0 aliphatic rings. The second-order valence-electron chi connectivity index (χ2n) is 5.77. The number of nitrogens with one attached hydrogen (secondary N) is 1. The SMILES string of the molecule is CCOC(=O)c1ccccc1NC(=O)[C@@H](CC)Oc1ccc(CC)cc1. The fraction of sp³-hybridized carbons (Fsp3) is 0.333. The molecule has 0 heterocycles. The van der Waals surface area contributed by atoms with E-state index in [1.54, 1.807) is 31.2 Å². The van der Waals surface area contributed by atoms with Gasteiger partial charge in [0.15, 0.2) is 6.10 Å². The van der Waals surface area contributed by atoms with Crippen LogP contribution in [0.2, 0.25) is 0 Å². The van der Waals surface area contributed by atoms with Gasteiger partial charge in [0.2, 0.25) is 0 Å². The molecule has 1 N–H and O–H groups in total. The maximum absolute atomic E-state index is 12.6. The van der Waals surface area contributed by atoms with Crippen molar-refractivity contribution in [3.8, 4) is 5.75 Å². The van der Waals surface area contributed by atoms with Crippen molar-refractivity contribution in [3.63, 3.8) is 0 Å². The molecular formula is C21H25NO4. The van der Waals surface area contributed by atoms with E-state index in [2.05, 4.69) is 12.2 Å². The fourth-order valence-corrected chi connectivity index (χ4v) is 2.48. The summed E-state index contributed by atoms with van der Waals surface area (Å²) in [5, 5.41) is 2.78. The van der Waals surface area contributed by atoms with Crippen molar-refractivity contribution < 1.29 is 19.1 Å². The van der Waals surface area contributed by atoms with E-state index >= 15 is 0 Å². The van der Waals surface area contributed by atoms with Crippen molar-refractivity contribution in [1.82, 2.24) is 0 Å². The average Bonchev–Trinajstić information content (AvgIpc) is 2.67. The van der Waals surface area contributed by atoms with Crippen LogP contribution in [0.3, 0.4) is 0 Å². The minimum Gasteiger partial charge on any atom is -0.481 e. The van der Waals surface area contributed by atoms with Crippen LogP contribution in [0.4, 0.5) is 5.69 Å². The van der Waals surface area contributed by atoms with E-state index in [-0.39, 0.29) is 12.5 Å². The van der Waals surface area contributed by atoms with Gasteiger partial charge in [0.1, 0.15) is 5.75 Å². The van der Waals surface area contributed by atoms with Crippen LogP contribution in [0, 0.1) is 0 Å². The molecule has 0 spiro atoms. The Balaban J connectivity index is 2.10. The summed E-state index contributed by atoms with van der Waals surface area (Å²) in [6.45, 7) is 5.97. The highest BCUT2D eigenvalue weighted by molar-refractivity contribution is 6.02. The highest BCUT2D eigenvalue weighted by Crippen LogP contribution is 2.19. The van der Waals surface area contributed by atoms with Crippen LogP contribution < -0.4 is 10.1 Å². The first-order chi connectivity index (χ1) is 12.6. The largest absolute Gasteiger partial charge is 0.481 e. The third-order valence-corrected chi connectivity index (χ3v) is 3.95. The summed E-state index contributed by atoms with van der Waals surface area (Å²) in [5.74, 6) is -0.126. The van der Waals surface area contributed by atoms with Crippen LogP contribution in [0.15, 0.2) is 48.5 Å². The van der Waals surface area contributed by atoms with Gasteiger partial charge in [-0.1, -0.05) is 38.1 Å². The third-order valence-electron chi connectivity index (χ3n) is 3.95. The number of hydrogen-bond acceptors (Lipinski definition) is 4. The van der Waals surface area contributed by atoms with E-state index in [0.29, 0.717) is 23.4 Å². The molecule has 1 atom stereocenters. The van der Waals surface area contributed by atoms with E-state index in [9.17, 15) is 9.59 Å². The summed E-state index contributed by atoms with van der Waals surface area (Å²) in [6, 6.07) is 14.5. The average molecular weight is 355 g/mol. The molecule has 0 aromatic heterocycles. The first-order valence-electron chi connectivity index (χ1n) is 8.91. The van der Waals surface area contributed by atoms with Gasteiger partial charge in [0.05, 0.1) is 17.9 Å². The number of carbonyl (C=O) groups is 2. The number of amides is 1. The molecule has 0 unspecified atom stereocenters. The first-order valence-corrected chi connectivity index (χ1v) is 8.91. The molecule has 5 heteroatoms. The molecule has 0 saturated carbocycles. The summed E-state index contributed by atoms with van der Waals surface area (Å²) < 4.78 is 10.8. The van der Waals surface area contributed by atoms with Crippen LogP contribution in [-0.4, -0.2) is 24.6 Å². The summed E-state index contributed by atoms with van der Waals surface area (Å²) in [4.78, 5) is 24.6. The lowest BCUT2D eigenvalue weighted by molar-refractivity contribution is -0.122. The number of para-hydroxylation sites is 1. The lowest BCUT2D eigenvalue weighted by Gasteiger charge is -2.18. The molecule has 0 radical (unpaired) electrons. The molecule has 26 heavy (non-hydrogen) atoms. The second kappa shape index (κ2) is 9.61. The Bertz CT molecular complexity index is 740. The van der Waals surface area contributed by atoms with Crippen LogP contribution in [0.5, 0.6) is 5.75 Å². The van der Waals surface area contributed by atoms with Crippen molar-refractivity contribution >= 4 is 17.6 Å². The number of benzene rings is 2. The van der Waals surface area contributed by atoms with Gasteiger partial charge in [-0.2, -0.15) is 0 Å². The van der Waals surface area contributed by atoms with Crippen molar-refractivity contribution in [2.24, 2.45) is 0 Å². The number of carbonyl (C=O) groups excluding carboxylic acids is 2. The molecule has 0 fully saturated rings. The Morgan fingerprint density at radius 1 is 1.00 bits per heavy atom. The highest BCUT2D eigenvalue weighted by atomic mass is 16.5. The van der Waals surface area contributed by atoms with E-state index in [0.717, 1.165) is 6.42 Å². The smallest absolute Gasteiger partial charge is 0.340 e. The lowest BCUT2D eigenvalue weighted by atomic mass is 10.1. The van der Waals surface area contributed by atoms with Crippen molar-refractivity contribution in [1.29, 1.82) is 0 Å². The van der Waals surface area contributed by atoms with Gasteiger partial charge in [-0.25, -0.2) is 4.79 Å². The maximum atomic E-state index is 12.6. The van der Waals surface area contributed by atoms with E-state index in [1.807, 2.05) is 31.2 Å². The predicted octanol–water partition coefficient (Wildman–Crippen LogP) is 4.22. The summed E-state index contributed by atoms with van der Waals surface area (Å²) in [7, 11) is 0. The summed E-state index contributed by atoms with van der Waals surface area (Å²) in [5.41, 5.74) is 1.95. The van der Waals surface area contributed by atoms with E-state index in [1.165, 1.54) is 5.56 Å². The number of esters is 1. The Hall–Kier alpha value is -2.82. The number of ether oxygens (including phenoxy) is 2. The summed E-state index contributed by atoms with van der Waals surface area (Å²) >= 11 is 0. The molecular weight excluding hydrogens is 330 g/mol. The quantitative estimate of drug-likeness (QED) is 0.720. The molecule has 0 saturated heterocycles. The van der Waals surface area contributed by atoms with Gasteiger partial charge in [0, 0.05) is 0 Å². The Kier molecular flexibility index (Phi) is 7.21. The van der Waals surface area contributed by atoms with Gasteiger partial charge in [-0.15, -0.1) is 0 Å². The number of aryl methyl sites for hydroxylation is 1. The maximum Gasteiger partial charge on any atom is 0.340 e. The van der Waals surface area contributed by atoms with Gasteiger partial charge in [-0.05, 0) is 49.6 Å². The normalized spacial score (nSPS) is 11.5. The van der Waals surface area contributed by atoms with E-state index in [4.69, 9.17) is 9.47 Å². The van der Waals surface area contributed by atoms with Crippen molar-refractivity contribution in [2.45, 2.75) is 39.7 Å². The number of hydrogen-bond donors (Lipinski definition) is 1. The predicted molar refractivity (Wildman–Crippen MR) is 102 cm³/mol. The highest BCUT2D eigenvalue weighted by Gasteiger charge is 2.21. The minimum absolute atomic E-state index is 0.273. The summed E-state index contributed by atoms with van der Waals surface area (Å²) in [6.07, 6.45) is 0.795. The molecule has 2 aromatic carbocycles. The monoisotopic (exact) mass is 355 g/mol. The minimum atomic E-state index is -0.655. The Morgan fingerprint density at radius 3 is 2.31 bits per heavy atom. The zero-order chi connectivity index (χ0) is 18.9. The molecule has 138 valence electrons. The van der Waals surface area contributed by atoms with Crippen LogP contribution in [-0.2, 0) is 16.0 Å². The Labute approximate surface area is 154 Å². The zero-order valence-electron chi connectivity index (χ0n) is 15.5. The van der Waals surface area contributed by atoms with Crippen molar-refractivity contribution in [3.05, 3.63) is 59.7 Å². The first kappa shape index (κ1) is 19.5. The topological polar surface area (TPSA) is 64.6 Å². The zero-order valence-corrected chi connectivity index (χ0v) is 15.5. The molecule has 0 aliphatic carbocycles. The number of anilines is 1. The van der Waals surface area contributed by atoms with Crippen molar-refractivity contribution in [2.75, 3.05) is 11.9 Å². The van der Waals surface area contributed by atoms with Crippen LogP contribution in [0.1, 0.15) is 43.1 Å². The van der Waals surface area contributed by atoms with Crippen LogP contribution >= 0.6 is 0 Å².